The Bertz CT molecular complexity index is 443. The molecule has 0 N–H and O–H groups in total. The molecule has 0 fully saturated rings. The van der Waals surface area contributed by atoms with E-state index < -0.39 is 6.10 Å². The first kappa shape index (κ1) is 13.5. The third kappa shape index (κ3) is 3.30. The highest BCUT2D eigenvalue weighted by molar-refractivity contribution is 5.75. The van der Waals surface area contributed by atoms with Crippen LogP contribution in [0.15, 0.2) is 18.2 Å². The Morgan fingerprint density at radius 1 is 1.32 bits per heavy atom. The van der Waals surface area contributed by atoms with Crippen LogP contribution in [0.4, 0.5) is 0 Å². The zero-order valence-corrected chi connectivity index (χ0v) is 11.2. The summed E-state index contributed by atoms with van der Waals surface area (Å²) in [6, 6.07) is 5.26. The van der Waals surface area contributed by atoms with Crippen LogP contribution in [0.2, 0.25) is 0 Å². The molecule has 1 aromatic rings. The average Bonchev–Trinajstić information content (AvgIpc) is 2.86. The number of benzene rings is 1. The molecule has 0 spiro atoms. The van der Waals surface area contributed by atoms with Crippen molar-refractivity contribution >= 4 is 5.97 Å². The zero-order valence-electron chi connectivity index (χ0n) is 11.2. The highest BCUT2D eigenvalue weighted by Gasteiger charge is 2.22. The normalized spacial score (nSPS) is 14.0. The highest BCUT2D eigenvalue weighted by atomic mass is 16.7. The summed E-state index contributed by atoms with van der Waals surface area (Å²) in [6.45, 7) is 4.34. The van der Waals surface area contributed by atoms with E-state index in [0.717, 1.165) is 6.42 Å². The van der Waals surface area contributed by atoms with Crippen molar-refractivity contribution in [3.8, 4) is 17.2 Å². The largest absolute Gasteiger partial charge is 0.479 e. The van der Waals surface area contributed by atoms with E-state index in [4.69, 9.17) is 18.9 Å². The van der Waals surface area contributed by atoms with Crippen LogP contribution in [0.1, 0.15) is 26.7 Å². The van der Waals surface area contributed by atoms with E-state index in [2.05, 4.69) is 0 Å². The van der Waals surface area contributed by atoms with Crippen LogP contribution in [-0.2, 0) is 9.53 Å². The molecular weight excluding hydrogens is 248 g/mol. The smallest absolute Gasteiger partial charge is 0.347 e. The van der Waals surface area contributed by atoms with Gasteiger partial charge in [-0.1, -0.05) is 13.3 Å². The Balaban J connectivity index is 2.06. The number of hydrogen-bond acceptors (Lipinski definition) is 5. The topological polar surface area (TPSA) is 54.0 Å². The molecule has 1 aliphatic rings. The van der Waals surface area contributed by atoms with E-state index >= 15 is 0 Å². The van der Waals surface area contributed by atoms with E-state index in [1.807, 2.05) is 6.92 Å². The molecule has 0 radical (unpaired) electrons. The van der Waals surface area contributed by atoms with E-state index in [0.29, 0.717) is 30.3 Å². The number of hydrogen-bond donors (Lipinski definition) is 0. The Labute approximate surface area is 112 Å². The van der Waals surface area contributed by atoms with Gasteiger partial charge < -0.3 is 18.9 Å². The predicted octanol–water partition coefficient (Wildman–Crippen LogP) is 2.53. The van der Waals surface area contributed by atoms with Gasteiger partial charge in [0, 0.05) is 6.07 Å². The molecule has 104 valence electrons. The maximum atomic E-state index is 11.8. The minimum absolute atomic E-state index is 0.217. The first-order valence-corrected chi connectivity index (χ1v) is 6.47. The lowest BCUT2D eigenvalue weighted by molar-refractivity contribution is -0.151. The van der Waals surface area contributed by atoms with Crippen molar-refractivity contribution in [2.45, 2.75) is 32.8 Å². The average molecular weight is 266 g/mol. The number of rotatable bonds is 6. The van der Waals surface area contributed by atoms with E-state index in [9.17, 15) is 4.79 Å². The molecule has 1 unspecified atom stereocenters. The molecule has 0 saturated heterocycles. The summed E-state index contributed by atoms with van der Waals surface area (Å²) in [5.74, 6) is 1.57. The Hall–Kier alpha value is -1.91. The van der Waals surface area contributed by atoms with Gasteiger partial charge in [-0.15, -0.1) is 0 Å². The molecule has 0 amide bonds. The minimum Gasteiger partial charge on any atom is -0.479 e. The highest BCUT2D eigenvalue weighted by Crippen LogP contribution is 2.35. The summed E-state index contributed by atoms with van der Waals surface area (Å²) in [5, 5.41) is 0. The van der Waals surface area contributed by atoms with E-state index in [1.165, 1.54) is 0 Å². The molecule has 0 bridgehead atoms. The second-order valence-corrected chi connectivity index (χ2v) is 4.16. The van der Waals surface area contributed by atoms with E-state index in [-0.39, 0.29) is 12.8 Å². The summed E-state index contributed by atoms with van der Waals surface area (Å²) in [6.07, 6.45) is 0.881. The molecule has 1 atom stereocenters. The third-order valence-corrected chi connectivity index (χ3v) is 2.72. The van der Waals surface area contributed by atoms with Gasteiger partial charge in [0.1, 0.15) is 5.75 Å². The number of carbonyl (C=O) groups excluding carboxylic acids is 1. The van der Waals surface area contributed by atoms with Gasteiger partial charge in [0.05, 0.1) is 6.61 Å². The number of carbonyl (C=O) groups is 1. The van der Waals surface area contributed by atoms with Crippen molar-refractivity contribution in [1.82, 2.24) is 0 Å². The van der Waals surface area contributed by atoms with Crippen molar-refractivity contribution in [2.75, 3.05) is 13.4 Å². The summed E-state index contributed by atoms with van der Waals surface area (Å²) in [4.78, 5) is 11.8. The van der Waals surface area contributed by atoms with Crippen LogP contribution in [-0.4, -0.2) is 25.5 Å². The van der Waals surface area contributed by atoms with Gasteiger partial charge >= 0.3 is 5.97 Å². The second kappa shape index (κ2) is 6.31. The lowest BCUT2D eigenvalue weighted by atomic mass is 10.2. The summed E-state index contributed by atoms with van der Waals surface area (Å²) in [7, 11) is 0. The fraction of sp³-hybridized carbons (Fsp3) is 0.500. The summed E-state index contributed by atoms with van der Waals surface area (Å²) >= 11 is 0. The molecule has 5 nitrogen and oxygen atoms in total. The molecule has 19 heavy (non-hydrogen) atoms. The molecule has 5 heteroatoms. The first-order valence-electron chi connectivity index (χ1n) is 6.47. The second-order valence-electron chi connectivity index (χ2n) is 4.16. The standard InChI is InChI=1S/C14H18O5/c1-3-5-12(14(15)16-4-2)19-10-6-7-11-13(8-10)18-9-17-11/h6-8,12H,3-5,9H2,1-2H3. The van der Waals surface area contributed by atoms with Crippen molar-refractivity contribution < 1.29 is 23.7 Å². The third-order valence-electron chi connectivity index (χ3n) is 2.72. The summed E-state index contributed by atoms with van der Waals surface area (Å²) in [5.41, 5.74) is 0. The fourth-order valence-corrected chi connectivity index (χ4v) is 1.84. The van der Waals surface area contributed by atoms with Gasteiger partial charge in [0.25, 0.3) is 0 Å². The van der Waals surface area contributed by atoms with Crippen LogP contribution in [0.25, 0.3) is 0 Å². The quantitative estimate of drug-likeness (QED) is 0.740. The first-order chi connectivity index (χ1) is 9.24. The van der Waals surface area contributed by atoms with Gasteiger partial charge in [-0.3, -0.25) is 0 Å². The van der Waals surface area contributed by atoms with Gasteiger partial charge in [-0.2, -0.15) is 0 Å². The Kier molecular flexibility index (Phi) is 4.49. The van der Waals surface area contributed by atoms with Crippen LogP contribution in [0.3, 0.4) is 0 Å². The molecule has 2 rings (SSSR count). The van der Waals surface area contributed by atoms with Crippen molar-refractivity contribution in [3.63, 3.8) is 0 Å². The van der Waals surface area contributed by atoms with Gasteiger partial charge in [0.2, 0.25) is 6.79 Å². The monoisotopic (exact) mass is 266 g/mol. The van der Waals surface area contributed by atoms with Crippen molar-refractivity contribution in [3.05, 3.63) is 18.2 Å². The molecule has 0 saturated carbocycles. The number of esters is 1. The van der Waals surface area contributed by atoms with Crippen LogP contribution in [0, 0.1) is 0 Å². The lowest BCUT2D eigenvalue weighted by Gasteiger charge is -2.17. The Morgan fingerprint density at radius 2 is 2.11 bits per heavy atom. The van der Waals surface area contributed by atoms with Gasteiger partial charge in [-0.25, -0.2) is 4.79 Å². The molecule has 1 heterocycles. The maximum Gasteiger partial charge on any atom is 0.347 e. The van der Waals surface area contributed by atoms with Crippen LogP contribution < -0.4 is 14.2 Å². The molecule has 1 aromatic carbocycles. The van der Waals surface area contributed by atoms with Crippen molar-refractivity contribution in [2.24, 2.45) is 0 Å². The molecule has 0 aliphatic carbocycles. The maximum absolute atomic E-state index is 11.8. The molecule has 0 aromatic heterocycles. The fourth-order valence-electron chi connectivity index (χ4n) is 1.84. The zero-order chi connectivity index (χ0) is 13.7. The predicted molar refractivity (Wildman–Crippen MR) is 68.5 cm³/mol. The summed E-state index contributed by atoms with van der Waals surface area (Å²) < 4.78 is 21.2. The van der Waals surface area contributed by atoms with Crippen LogP contribution >= 0.6 is 0 Å². The van der Waals surface area contributed by atoms with Crippen LogP contribution in [0.5, 0.6) is 17.2 Å². The van der Waals surface area contributed by atoms with Crippen molar-refractivity contribution in [1.29, 1.82) is 0 Å². The number of fused-ring (bicyclic) bond motifs is 1. The minimum atomic E-state index is -0.578. The SMILES string of the molecule is CCCC(Oc1ccc2c(c1)OCO2)C(=O)OCC. The molecular formula is C14H18O5. The number of ether oxygens (including phenoxy) is 4. The van der Waals surface area contributed by atoms with E-state index in [1.54, 1.807) is 25.1 Å². The Morgan fingerprint density at radius 3 is 2.84 bits per heavy atom. The van der Waals surface area contributed by atoms with Gasteiger partial charge in [0.15, 0.2) is 17.6 Å². The molecule has 1 aliphatic heterocycles. The van der Waals surface area contributed by atoms with Gasteiger partial charge in [-0.05, 0) is 25.5 Å². The lowest BCUT2D eigenvalue weighted by Crippen LogP contribution is -2.29.